The number of rotatable bonds is 2. The summed E-state index contributed by atoms with van der Waals surface area (Å²) in [4.78, 5) is 18.4. The minimum Gasteiger partial charge on any atom is -0.338 e. The number of fused-ring (bicyclic) bond motifs is 1. The Hall–Kier alpha value is -2.76. The molecule has 1 saturated heterocycles. The summed E-state index contributed by atoms with van der Waals surface area (Å²) in [6.07, 6.45) is 2.91. The summed E-state index contributed by atoms with van der Waals surface area (Å²) in [6.45, 7) is 2.20. The largest absolute Gasteiger partial charge is 0.338 e. The highest BCUT2D eigenvalue weighted by molar-refractivity contribution is 5.94. The van der Waals surface area contributed by atoms with E-state index in [0.717, 1.165) is 10.9 Å². The molecule has 0 saturated carbocycles. The Bertz CT molecular complexity index is 953. The van der Waals surface area contributed by atoms with Gasteiger partial charge >= 0.3 is 0 Å². The maximum Gasteiger partial charge on any atom is 0.255 e. The predicted octanol–water partition coefficient (Wildman–Crippen LogP) is 4.21. The van der Waals surface area contributed by atoms with Crippen molar-refractivity contribution in [1.29, 1.82) is 0 Å². The van der Waals surface area contributed by atoms with Crippen molar-refractivity contribution < 1.29 is 13.6 Å². The summed E-state index contributed by atoms with van der Waals surface area (Å²) in [6, 6.07) is 11.7. The number of alkyl halides is 2. The zero-order valence-electron chi connectivity index (χ0n) is 14.5. The van der Waals surface area contributed by atoms with Gasteiger partial charge in [0.25, 0.3) is 11.8 Å². The lowest BCUT2D eigenvalue weighted by molar-refractivity contribution is -0.0494. The minimum atomic E-state index is -2.66. The Morgan fingerprint density at radius 1 is 1.12 bits per heavy atom. The number of pyridine rings is 1. The fourth-order valence-corrected chi connectivity index (χ4v) is 3.34. The second-order valence-electron chi connectivity index (χ2n) is 6.80. The molecule has 1 aliphatic rings. The molecule has 3 aromatic rings. The minimum absolute atomic E-state index is 0.0785. The number of piperidine rings is 1. The van der Waals surface area contributed by atoms with Gasteiger partial charge in [-0.15, -0.1) is 0 Å². The molecule has 134 valence electrons. The van der Waals surface area contributed by atoms with Crippen LogP contribution in [0.5, 0.6) is 0 Å². The van der Waals surface area contributed by atoms with Crippen LogP contribution in [0.15, 0.2) is 48.8 Å². The molecule has 1 aliphatic heterocycles. The van der Waals surface area contributed by atoms with Gasteiger partial charge in [0.05, 0.1) is 11.1 Å². The molecule has 0 spiro atoms. The van der Waals surface area contributed by atoms with Crippen LogP contribution >= 0.6 is 0 Å². The highest BCUT2D eigenvalue weighted by Crippen LogP contribution is 2.28. The van der Waals surface area contributed by atoms with E-state index in [2.05, 4.69) is 11.1 Å². The topological polar surface area (TPSA) is 38.1 Å². The van der Waals surface area contributed by atoms with Crippen LogP contribution in [0.25, 0.3) is 16.7 Å². The molecule has 1 amide bonds. The lowest BCUT2D eigenvalue weighted by Gasteiger charge is -2.31. The van der Waals surface area contributed by atoms with Gasteiger partial charge in [0.2, 0.25) is 0 Å². The predicted molar refractivity (Wildman–Crippen MR) is 95.9 cm³/mol. The molecule has 0 aliphatic carbocycles. The Kier molecular flexibility index (Phi) is 3.98. The molecule has 0 unspecified atom stereocenters. The van der Waals surface area contributed by atoms with Crippen molar-refractivity contribution in [3.05, 3.63) is 59.9 Å². The van der Waals surface area contributed by atoms with Gasteiger partial charge in [-0.25, -0.2) is 13.8 Å². The van der Waals surface area contributed by atoms with E-state index in [0.29, 0.717) is 11.4 Å². The maximum absolute atomic E-state index is 13.3. The van der Waals surface area contributed by atoms with Gasteiger partial charge < -0.3 is 9.47 Å². The van der Waals surface area contributed by atoms with E-state index in [9.17, 15) is 13.6 Å². The standard InChI is InChI=1S/C20H19F2N3O/c1-14-2-4-17-15(12-14)6-9-25(17)18-5-3-16(13-23-18)19(26)24-10-7-20(21,22)8-11-24/h2-6,9,12-13H,7-8,10-11H2,1H3. The van der Waals surface area contributed by atoms with Gasteiger partial charge in [0.15, 0.2) is 0 Å². The number of hydrogen-bond acceptors (Lipinski definition) is 2. The molecular formula is C20H19F2N3O. The lowest BCUT2D eigenvalue weighted by atomic mass is 10.1. The van der Waals surface area contributed by atoms with Crippen molar-refractivity contribution in [3.63, 3.8) is 0 Å². The number of amides is 1. The highest BCUT2D eigenvalue weighted by atomic mass is 19.3. The second kappa shape index (κ2) is 6.20. The van der Waals surface area contributed by atoms with Crippen LogP contribution in [0.4, 0.5) is 8.78 Å². The number of benzene rings is 1. The lowest BCUT2D eigenvalue weighted by Crippen LogP contribution is -2.42. The van der Waals surface area contributed by atoms with Gasteiger partial charge in [-0.3, -0.25) is 4.79 Å². The molecule has 26 heavy (non-hydrogen) atoms. The summed E-state index contributed by atoms with van der Waals surface area (Å²) in [5, 5.41) is 1.13. The average Bonchev–Trinajstić information content (AvgIpc) is 3.04. The SMILES string of the molecule is Cc1ccc2c(ccn2-c2ccc(C(=O)N3CCC(F)(F)CC3)cn2)c1. The second-order valence-corrected chi connectivity index (χ2v) is 6.80. The zero-order valence-corrected chi connectivity index (χ0v) is 14.5. The maximum atomic E-state index is 13.3. The van der Waals surface area contributed by atoms with Crippen LogP contribution < -0.4 is 0 Å². The van der Waals surface area contributed by atoms with Crippen LogP contribution in [-0.4, -0.2) is 39.4 Å². The van der Waals surface area contributed by atoms with Gasteiger partial charge in [-0.05, 0) is 37.3 Å². The Morgan fingerprint density at radius 2 is 1.88 bits per heavy atom. The highest BCUT2D eigenvalue weighted by Gasteiger charge is 2.35. The van der Waals surface area contributed by atoms with Crippen molar-refractivity contribution in [2.24, 2.45) is 0 Å². The van der Waals surface area contributed by atoms with Crippen molar-refractivity contribution >= 4 is 16.8 Å². The zero-order chi connectivity index (χ0) is 18.3. The van der Waals surface area contributed by atoms with E-state index >= 15 is 0 Å². The molecule has 4 rings (SSSR count). The molecule has 6 heteroatoms. The number of aromatic nitrogens is 2. The summed E-state index contributed by atoms with van der Waals surface area (Å²) in [7, 11) is 0. The summed E-state index contributed by atoms with van der Waals surface area (Å²) in [5.41, 5.74) is 2.66. The van der Waals surface area contributed by atoms with E-state index in [1.165, 1.54) is 16.7 Å². The van der Waals surface area contributed by atoms with Crippen LogP contribution in [0, 0.1) is 6.92 Å². The first-order chi connectivity index (χ1) is 12.4. The molecule has 0 atom stereocenters. The van der Waals surface area contributed by atoms with Gasteiger partial charge in [-0.1, -0.05) is 11.6 Å². The number of hydrogen-bond donors (Lipinski definition) is 0. The Morgan fingerprint density at radius 3 is 2.58 bits per heavy atom. The van der Waals surface area contributed by atoms with Crippen molar-refractivity contribution in [2.75, 3.05) is 13.1 Å². The van der Waals surface area contributed by atoms with Crippen LogP contribution in [0.2, 0.25) is 0 Å². The van der Waals surface area contributed by atoms with E-state index in [4.69, 9.17) is 0 Å². The fourth-order valence-electron chi connectivity index (χ4n) is 3.34. The number of carbonyl (C=O) groups is 1. The van der Waals surface area contributed by atoms with Crippen LogP contribution in [0.1, 0.15) is 28.8 Å². The van der Waals surface area contributed by atoms with Crippen LogP contribution in [0.3, 0.4) is 0 Å². The first-order valence-electron chi connectivity index (χ1n) is 8.64. The molecule has 0 bridgehead atoms. The Balaban J connectivity index is 1.56. The third-order valence-corrected chi connectivity index (χ3v) is 4.87. The number of carbonyl (C=O) groups excluding carboxylic acids is 1. The molecule has 4 nitrogen and oxygen atoms in total. The quantitative estimate of drug-likeness (QED) is 0.691. The summed E-state index contributed by atoms with van der Waals surface area (Å²) < 4.78 is 28.5. The number of likely N-dealkylation sites (tertiary alicyclic amines) is 1. The Labute approximate surface area is 150 Å². The normalized spacial score (nSPS) is 16.8. The fraction of sp³-hybridized carbons (Fsp3) is 0.300. The van der Waals surface area contributed by atoms with E-state index in [-0.39, 0.29) is 31.8 Å². The van der Waals surface area contributed by atoms with E-state index < -0.39 is 5.92 Å². The molecule has 1 fully saturated rings. The van der Waals surface area contributed by atoms with Crippen molar-refractivity contribution in [1.82, 2.24) is 14.5 Å². The third-order valence-electron chi connectivity index (χ3n) is 4.87. The van der Waals surface area contributed by atoms with Crippen LogP contribution in [-0.2, 0) is 0 Å². The molecule has 0 N–H and O–H groups in total. The van der Waals surface area contributed by atoms with Gasteiger partial charge in [0, 0.05) is 43.7 Å². The van der Waals surface area contributed by atoms with E-state index in [1.54, 1.807) is 12.1 Å². The van der Waals surface area contributed by atoms with Crippen molar-refractivity contribution in [3.8, 4) is 5.82 Å². The third kappa shape index (κ3) is 3.07. The first kappa shape index (κ1) is 16.7. The summed E-state index contributed by atoms with van der Waals surface area (Å²) >= 11 is 0. The molecule has 0 radical (unpaired) electrons. The number of nitrogens with zero attached hydrogens (tertiary/aromatic N) is 3. The molecule has 3 heterocycles. The van der Waals surface area contributed by atoms with E-state index in [1.807, 2.05) is 35.9 Å². The van der Waals surface area contributed by atoms with Gasteiger partial charge in [-0.2, -0.15) is 0 Å². The first-order valence-corrected chi connectivity index (χ1v) is 8.64. The summed E-state index contributed by atoms with van der Waals surface area (Å²) in [5.74, 6) is -2.19. The van der Waals surface area contributed by atoms with Crippen molar-refractivity contribution in [2.45, 2.75) is 25.7 Å². The number of halogens is 2. The average molecular weight is 355 g/mol. The smallest absolute Gasteiger partial charge is 0.255 e. The molecular weight excluding hydrogens is 336 g/mol. The number of aryl methyl sites for hydroxylation is 1. The monoisotopic (exact) mass is 355 g/mol. The van der Waals surface area contributed by atoms with Gasteiger partial charge in [0.1, 0.15) is 5.82 Å². The molecule has 2 aromatic heterocycles. The molecule has 1 aromatic carbocycles.